The third kappa shape index (κ3) is 2.54. The molecule has 26 heavy (non-hydrogen) atoms. The second-order valence-corrected chi connectivity index (χ2v) is 7.53. The second-order valence-electron chi connectivity index (χ2n) is 6.48. The molecule has 1 aromatic heterocycles. The molecule has 1 heterocycles. The van der Waals surface area contributed by atoms with Gasteiger partial charge in [0.1, 0.15) is 7.85 Å². The van der Waals surface area contributed by atoms with Gasteiger partial charge in [0.25, 0.3) is 0 Å². The minimum Gasteiger partial charge on any atom is -0.135 e. The SMILES string of the molecule is [B]c1ccc(-c2ccc(-c3cccc4c3sc3ccccc34)cc2)cc1. The third-order valence-electron chi connectivity index (χ3n) is 4.84. The van der Waals surface area contributed by atoms with E-state index in [0.29, 0.717) is 0 Å². The molecule has 0 saturated carbocycles. The van der Waals surface area contributed by atoms with Crippen LogP contribution in [-0.4, -0.2) is 7.85 Å². The highest BCUT2D eigenvalue weighted by molar-refractivity contribution is 7.26. The molecular weight excluding hydrogens is 331 g/mol. The zero-order chi connectivity index (χ0) is 17.5. The number of benzene rings is 4. The molecule has 0 bridgehead atoms. The first-order chi connectivity index (χ1) is 12.8. The highest BCUT2D eigenvalue weighted by Crippen LogP contribution is 2.39. The van der Waals surface area contributed by atoms with Crippen molar-refractivity contribution in [2.75, 3.05) is 0 Å². The largest absolute Gasteiger partial charge is 0.135 e. The standard InChI is InChI=1S/C24H15BS/c25-19-14-12-17(13-15-19)16-8-10-18(11-9-16)20-5-3-6-22-21-4-1-2-7-23(21)26-24(20)22/h1-15H. The molecule has 2 radical (unpaired) electrons. The van der Waals surface area contributed by atoms with Gasteiger partial charge < -0.3 is 0 Å². The van der Waals surface area contributed by atoms with Gasteiger partial charge in [-0.25, -0.2) is 0 Å². The van der Waals surface area contributed by atoms with Crippen molar-refractivity contribution in [3.05, 3.63) is 91.0 Å². The Morgan fingerprint density at radius 1 is 0.538 bits per heavy atom. The molecule has 0 amide bonds. The van der Waals surface area contributed by atoms with Gasteiger partial charge in [-0.3, -0.25) is 0 Å². The molecule has 0 saturated heterocycles. The maximum absolute atomic E-state index is 5.79. The van der Waals surface area contributed by atoms with E-state index in [1.165, 1.54) is 42.4 Å². The van der Waals surface area contributed by atoms with Gasteiger partial charge in [0, 0.05) is 20.2 Å². The van der Waals surface area contributed by atoms with E-state index in [1.54, 1.807) is 0 Å². The Hall–Kier alpha value is -2.84. The normalized spacial score (nSPS) is 11.2. The molecule has 0 aliphatic rings. The van der Waals surface area contributed by atoms with Gasteiger partial charge in [0.2, 0.25) is 0 Å². The Labute approximate surface area is 158 Å². The van der Waals surface area contributed by atoms with Gasteiger partial charge in [-0.1, -0.05) is 90.4 Å². The van der Waals surface area contributed by atoms with Crippen LogP contribution in [0.4, 0.5) is 0 Å². The van der Waals surface area contributed by atoms with Crippen LogP contribution in [0.15, 0.2) is 91.0 Å². The molecule has 2 heteroatoms. The Bertz CT molecular complexity index is 1220. The Morgan fingerprint density at radius 2 is 1.15 bits per heavy atom. The fourth-order valence-electron chi connectivity index (χ4n) is 3.49. The van der Waals surface area contributed by atoms with Crippen LogP contribution in [0.3, 0.4) is 0 Å². The molecule has 0 N–H and O–H groups in total. The third-order valence-corrected chi connectivity index (χ3v) is 6.06. The van der Waals surface area contributed by atoms with Crippen molar-refractivity contribution in [2.45, 2.75) is 0 Å². The highest BCUT2D eigenvalue weighted by atomic mass is 32.1. The minimum absolute atomic E-state index is 0.793. The van der Waals surface area contributed by atoms with Crippen molar-refractivity contribution < 1.29 is 0 Å². The summed E-state index contributed by atoms with van der Waals surface area (Å²) < 4.78 is 2.70. The topological polar surface area (TPSA) is 0 Å². The van der Waals surface area contributed by atoms with Gasteiger partial charge >= 0.3 is 0 Å². The van der Waals surface area contributed by atoms with E-state index in [4.69, 9.17) is 7.85 Å². The fourth-order valence-corrected chi connectivity index (χ4v) is 4.73. The number of hydrogen-bond donors (Lipinski definition) is 0. The summed E-state index contributed by atoms with van der Waals surface area (Å²) in [5.74, 6) is 0. The van der Waals surface area contributed by atoms with Crippen molar-refractivity contribution in [1.29, 1.82) is 0 Å². The van der Waals surface area contributed by atoms with Crippen molar-refractivity contribution >= 4 is 44.8 Å². The van der Waals surface area contributed by atoms with E-state index >= 15 is 0 Å². The number of thiophene rings is 1. The lowest BCUT2D eigenvalue weighted by molar-refractivity contribution is 1.62. The lowest BCUT2D eigenvalue weighted by Gasteiger charge is -2.07. The first kappa shape index (κ1) is 15.4. The van der Waals surface area contributed by atoms with Gasteiger partial charge in [0.15, 0.2) is 0 Å². The van der Waals surface area contributed by atoms with Crippen LogP contribution in [0.1, 0.15) is 0 Å². The van der Waals surface area contributed by atoms with Crippen LogP contribution in [0, 0.1) is 0 Å². The van der Waals surface area contributed by atoms with E-state index in [2.05, 4.69) is 78.9 Å². The van der Waals surface area contributed by atoms with Crippen LogP contribution in [0.2, 0.25) is 0 Å². The van der Waals surface area contributed by atoms with Crippen LogP contribution in [0.5, 0.6) is 0 Å². The van der Waals surface area contributed by atoms with Crippen molar-refractivity contribution in [3.8, 4) is 22.3 Å². The monoisotopic (exact) mass is 346 g/mol. The predicted molar refractivity (Wildman–Crippen MR) is 116 cm³/mol. The van der Waals surface area contributed by atoms with E-state index in [-0.39, 0.29) is 0 Å². The smallest absolute Gasteiger partial charge is 0.113 e. The van der Waals surface area contributed by atoms with Gasteiger partial charge in [-0.15, -0.1) is 11.3 Å². The highest BCUT2D eigenvalue weighted by Gasteiger charge is 2.10. The first-order valence-corrected chi connectivity index (χ1v) is 9.48. The number of rotatable bonds is 2. The summed E-state index contributed by atoms with van der Waals surface area (Å²) in [6.07, 6.45) is 0. The number of fused-ring (bicyclic) bond motifs is 3. The van der Waals surface area contributed by atoms with E-state index in [0.717, 1.165) is 5.46 Å². The zero-order valence-corrected chi connectivity index (χ0v) is 15.0. The molecule has 0 aliphatic carbocycles. The predicted octanol–water partition coefficient (Wildman–Crippen LogP) is 6.18. The average molecular weight is 346 g/mol. The quantitative estimate of drug-likeness (QED) is 0.335. The summed E-state index contributed by atoms with van der Waals surface area (Å²) in [6.45, 7) is 0. The molecular formula is C24H15BS. The summed E-state index contributed by atoms with van der Waals surface area (Å²) in [6, 6.07) is 32.1. The molecule has 0 nitrogen and oxygen atoms in total. The molecule has 5 aromatic rings. The van der Waals surface area contributed by atoms with Crippen LogP contribution in [0.25, 0.3) is 42.4 Å². The first-order valence-electron chi connectivity index (χ1n) is 8.66. The summed E-state index contributed by atoms with van der Waals surface area (Å²) >= 11 is 1.87. The molecule has 120 valence electrons. The molecule has 0 spiro atoms. The maximum atomic E-state index is 5.79. The van der Waals surface area contributed by atoms with Crippen molar-refractivity contribution in [3.63, 3.8) is 0 Å². The summed E-state index contributed by atoms with van der Waals surface area (Å²) in [7, 11) is 5.79. The van der Waals surface area contributed by atoms with E-state index in [9.17, 15) is 0 Å². The van der Waals surface area contributed by atoms with Gasteiger partial charge in [-0.05, 0) is 28.3 Å². The summed E-state index contributed by atoms with van der Waals surface area (Å²) in [5, 5.41) is 2.68. The van der Waals surface area contributed by atoms with Crippen LogP contribution >= 0.6 is 11.3 Å². The molecule has 0 aliphatic heterocycles. The molecule has 0 fully saturated rings. The second kappa shape index (κ2) is 6.15. The summed E-state index contributed by atoms with van der Waals surface area (Å²) in [4.78, 5) is 0. The molecule has 0 unspecified atom stereocenters. The lowest BCUT2D eigenvalue weighted by Crippen LogP contribution is -1.99. The Morgan fingerprint density at radius 3 is 1.92 bits per heavy atom. The average Bonchev–Trinajstić information content (AvgIpc) is 3.08. The lowest BCUT2D eigenvalue weighted by atomic mass is 9.93. The molecule has 5 rings (SSSR count). The van der Waals surface area contributed by atoms with Crippen LogP contribution in [-0.2, 0) is 0 Å². The van der Waals surface area contributed by atoms with E-state index in [1.807, 2.05) is 23.5 Å². The fraction of sp³-hybridized carbons (Fsp3) is 0. The van der Waals surface area contributed by atoms with Crippen molar-refractivity contribution in [2.24, 2.45) is 0 Å². The number of hydrogen-bond acceptors (Lipinski definition) is 1. The van der Waals surface area contributed by atoms with Gasteiger partial charge in [-0.2, -0.15) is 0 Å². The zero-order valence-electron chi connectivity index (χ0n) is 14.1. The van der Waals surface area contributed by atoms with Gasteiger partial charge in [0.05, 0.1) is 0 Å². The Kier molecular flexibility index (Phi) is 3.65. The van der Waals surface area contributed by atoms with Crippen molar-refractivity contribution in [1.82, 2.24) is 0 Å². The molecule has 0 atom stereocenters. The Balaban J connectivity index is 1.62. The molecule has 4 aromatic carbocycles. The maximum Gasteiger partial charge on any atom is 0.113 e. The summed E-state index contributed by atoms with van der Waals surface area (Å²) in [5.41, 5.74) is 5.74. The van der Waals surface area contributed by atoms with E-state index < -0.39 is 0 Å². The van der Waals surface area contributed by atoms with Crippen LogP contribution < -0.4 is 5.46 Å². The minimum atomic E-state index is 0.793.